The number of carbonyl (C=O) groups excluding carboxylic acids is 1. The lowest BCUT2D eigenvalue weighted by Crippen LogP contribution is -2.17. The quantitative estimate of drug-likeness (QED) is 0.236. The van der Waals surface area contributed by atoms with Gasteiger partial charge in [-0.3, -0.25) is 14.9 Å². The van der Waals surface area contributed by atoms with Crippen LogP contribution in [0.15, 0.2) is 36.0 Å². The molecular formula is C15H18N4O4. The molecule has 0 aliphatic carbocycles. The van der Waals surface area contributed by atoms with Crippen LogP contribution < -0.4 is 10.6 Å². The van der Waals surface area contributed by atoms with Crippen molar-refractivity contribution in [2.45, 2.75) is 13.3 Å². The number of nitrogens with zero attached hydrogens (tertiary/aromatic N) is 2. The van der Waals surface area contributed by atoms with E-state index in [9.17, 15) is 14.9 Å². The summed E-state index contributed by atoms with van der Waals surface area (Å²) in [6, 6.07) is 7.29. The molecule has 23 heavy (non-hydrogen) atoms. The summed E-state index contributed by atoms with van der Waals surface area (Å²) in [4.78, 5) is 22.1. The van der Waals surface area contributed by atoms with Crippen LogP contribution in [-0.2, 0) is 9.53 Å². The number of ether oxygens (including phenoxy) is 1. The van der Waals surface area contributed by atoms with Crippen molar-refractivity contribution in [3.05, 3.63) is 46.2 Å². The topological polar surface area (TPSA) is 117 Å². The van der Waals surface area contributed by atoms with Crippen molar-refractivity contribution in [3.8, 4) is 6.07 Å². The molecule has 1 aromatic rings. The summed E-state index contributed by atoms with van der Waals surface area (Å²) in [7, 11) is 0. The Bertz CT molecular complexity index is 622. The van der Waals surface area contributed by atoms with Gasteiger partial charge in [0.1, 0.15) is 11.6 Å². The molecule has 8 nitrogen and oxygen atoms in total. The number of nitriles is 1. The predicted molar refractivity (Wildman–Crippen MR) is 84.5 cm³/mol. The van der Waals surface area contributed by atoms with Crippen LogP contribution in [0.3, 0.4) is 0 Å². The van der Waals surface area contributed by atoms with Crippen molar-refractivity contribution in [1.29, 1.82) is 5.26 Å². The van der Waals surface area contributed by atoms with Crippen LogP contribution in [0.4, 0.5) is 11.4 Å². The van der Waals surface area contributed by atoms with E-state index in [0.717, 1.165) is 6.42 Å². The van der Waals surface area contributed by atoms with Crippen molar-refractivity contribution in [3.63, 3.8) is 0 Å². The Morgan fingerprint density at radius 2 is 2.30 bits per heavy atom. The third kappa shape index (κ3) is 6.58. The first-order chi connectivity index (χ1) is 11.1. The lowest BCUT2D eigenvalue weighted by atomic mass is 10.2. The summed E-state index contributed by atoms with van der Waals surface area (Å²) in [5, 5.41) is 25.0. The monoisotopic (exact) mass is 318 g/mol. The molecule has 2 N–H and O–H groups in total. The Kier molecular flexibility index (Phi) is 7.82. The number of carbonyl (C=O) groups is 1. The molecule has 0 saturated carbocycles. The van der Waals surface area contributed by atoms with Gasteiger partial charge in [-0.15, -0.1) is 0 Å². The highest BCUT2D eigenvalue weighted by Gasteiger charge is 2.11. The van der Waals surface area contributed by atoms with E-state index in [1.807, 2.05) is 6.92 Å². The number of rotatable bonds is 9. The summed E-state index contributed by atoms with van der Waals surface area (Å²) in [5.74, 6) is -0.634. The van der Waals surface area contributed by atoms with Crippen molar-refractivity contribution < 1.29 is 14.5 Å². The van der Waals surface area contributed by atoms with Crippen molar-refractivity contribution in [2.24, 2.45) is 0 Å². The molecule has 0 aliphatic heterocycles. The minimum absolute atomic E-state index is 0.118. The molecule has 0 unspecified atom stereocenters. The van der Waals surface area contributed by atoms with Gasteiger partial charge < -0.3 is 15.4 Å². The maximum absolute atomic E-state index is 12.0. The fraction of sp³-hybridized carbons (Fsp3) is 0.333. The minimum Gasteiger partial charge on any atom is -0.390 e. The average Bonchev–Trinajstić information content (AvgIpc) is 2.54. The number of hydrogen-bond acceptors (Lipinski definition) is 6. The SMILES string of the molecule is CCOCCCN/C=C(/C#N)C(=O)Nc1cccc([N+](=O)[O-])c1. The molecule has 8 heteroatoms. The molecule has 0 atom stereocenters. The molecule has 1 aromatic carbocycles. The highest BCUT2D eigenvalue weighted by Crippen LogP contribution is 2.17. The number of nitro groups is 1. The minimum atomic E-state index is -0.634. The van der Waals surface area contributed by atoms with Crippen LogP contribution in [-0.4, -0.2) is 30.6 Å². The number of anilines is 1. The van der Waals surface area contributed by atoms with Crippen LogP contribution in [0.2, 0.25) is 0 Å². The highest BCUT2D eigenvalue weighted by molar-refractivity contribution is 6.06. The average molecular weight is 318 g/mol. The van der Waals surface area contributed by atoms with Gasteiger partial charge in [-0.25, -0.2) is 0 Å². The molecule has 1 amide bonds. The first-order valence-electron chi connectivity index (χ1n) is 7.05. The molecule has 0 aliphatic rings. The number of amides is 1. The Hall–Kier alpha value is -2.92. The molecule has 0 spiro atoms. The van der Waals surface area contributed by atoms with Gasteiger partial charge in [-0.1, -0.05) is 6.07 Å². The first kappa shape index (κ1) is 18.1. The lowest BCUT2D eigenvalue weighted by molar-refractivity contribution is -0.384. The third-order valence-corrected chi connectivity index (χ3v) is 2.74. The fourth-order valence-electron chi connectivity index (χ4n) is 1.64. The van der Waals surface area contributed by atoms with Crippen LogP contribution in [0.25, 0.3) is 0 Å². The predicted octanol–water partition coefficient (Wildman–Crippen LogP) is 1.96. The molecule has 0 radical (unpaired) electrons. The largest absolute Gasteiger partial charge is 0.390 e. The van der Waals surface area contributed by atoms with Gasteiger partial charge in [0.15, 0.2) is 0 Å². The van der Waals surface area contributed by atoms with Gasteiger partial charge in [0, 0.05) is 43.8 Å². The van der Waals surface area contributed by atoms with E-state index in [1.54, 1.807) is 6.07 Å². The second kappa shape index (κ2) is 9.92. The standard InChI is InChI=1S/C15H18N4O4/c1-2-23-8-4-7-17-11-12(10-16)15(20)18-13-5-3-6-14(9-13)19(21)22/h3,5-6,9,11,17H,2,4,7-8H2,1H3,(H,18,20)/b12-11-. The smallest absolute Gasteiger partial charge is 0.271 e. The first-order valence-corrected chi connectivity index (χ1v) is 7.05. The summed E-state index contributed by atoms with van der Waals surface area (Å²) in [6.07, 6.45) is 2.06. The van der Waals surface area contributed by atoms with E-state index in [4.69, 9.17) is 10.00 Å². The number of nitrogens with one attached hydrogen (secondary N) is 2. The van der Waals surface area contributed by atoms with Crippen molar-refractivity contribution in [2.75, 3.05) is 25.1 Å². The maximum Gasteiger partial charge on any atom is 0.271 e. The molecule has 0 fully saturated rings. The number of hydrogen-bond donors (Lipinski definition) is 2. The maximum atomic E-state index is 12.0. The van der Waals surface area contributed by atoms with Crippen LogP contribution in [0.1, 0.15) is 13.3 Å². The number of benzene rings is 1. The normalized spacial score (nSPS) is 10.7. The highest BCUT2D eigenvalue weighted by atomic mass is 16.6. The molecule has 122 valence electrons. The zero-order valence-corrected chi connectivity index (χ0v) is 12.7. The fourth-order valence-corrected chi connectivity index (χ4v) is 1.64. The molecule has 0 aromatic heterocycles. The second-order valence-corrected chi connectivity index (χ2v) is 4.44. The van der Waals surface area contributed by atoms with Gasteiger partial charge in [0.05, 0.1) is 4.92 Å². The Balaban J connectivity index is 2.58. The summed E-state index contributed by atoms with van der Waals surface area (Å²) >= 11 is 0. The van der Waals surface area contributed by atoms with E-state index in [1.165, 1.54) is 30.5 Å². The lowest BCUT2D eigenvalue weighted by Gasteiger charge is -2.05. The zero-order chi connectivity index (χ0) is 17.1. The van der Waals surface area contributed by atoms with E-state index >= 15 is 0 Å². The van der Waals surface area contributed by atoms with Crippen LogP contribution in [0.5, 0.6) is 0 Å². The molecule has 0 bridgehead atoms. The van der Waals surface area contributed by atoms with Gasteiger partial charge in [0.25, 0.3) is 11.6 Å². The van der Waals surface area contributed by atoms with Crippen molar-refractivity contribution in [1.82, 2.24) is 5.32 Å². The van der Waals surface area contributed by atoms with Gasteiger partial charge in [0.2, 0.25) is 0 Å². The van der Waals surface area contributed by atoms with Gasteiger partial charge in [-0.2, -0.15) is 5.26 Å². The molecule has 1 rings (SSSR count). The number of non-ortho nitro benzene ring substituents is 1. The summed E-state index contributed by atoms with van der Waals surface area (Å²) in [6.45, 7) is 3.71. The summed E-state index contributed by atoms with van der Waals surface area (Å²) < 4.78 is 5.16. The zero-order valence-electron chi connectivity index (χ0n) is 12.7. The Morgan fingerprint density at radius 3 is 2.96 bits per heavy atom. The Morgan fingerprint density at radius 1 is 1.52 bits per heavy atom. The number of nitro benzene ring substituents is 1. The van der Waals surface area contributed by atoms with Gasteiger partial charge in [-0.05, 0) is 19.4 Å². The third-order valence-electron chi connectivity index (χ3n) is 2.74. The van der Waals surface area contributed by atoms with Crippen molar-refractivity contribution >= 4 is 17.3 Å². The van der Waals surface area contributed by atoms with E-state index in [0.29, 0.717) is 19.8 Å². The van der Waals surface area contributed by atoms with E-state index < -0.39 is 10.8 Å². The Labute approximate surface area is 133 Å². The summed E-state index contributed by atoms with van der Waals surface area (Å²) in [5.41, 5.74) is -0.00560. The van der Waals surface area contributed by atoms with E-state index in [-0.39, 0.29) is 16.9 Å². The van der Waals surface area contributed by atoms with E-state index in [2.05, 4.69) is 10.6 Å². The molecular weight excluding hydrogens is 300 g/mol. The second-order valence-electron chi connectivity index (χ2n) is 4.44. The van der Waals surface area contributed by atoms with Gasteiger partial charge >= 0.3 is 0 Å². The van der Waals surface area contributed by atoms with Crippen LogP contribution in [0, 0.1) is 21.4 Å². The molecule has 0 heterocycles. The molecule has 0 saturated heterocycles. The van der Waals surface area contributed by atoms with Crippen LogP contribution >= 0.6 is 0 Å².